The first-order valence-electron chi connectivity index (χ1n) is 8.51. The Labute approximate surface area is 149 Å². The van der Waals surface area contributed by atoms with Crippen molar-refractivity contribution in [2.24, 2.45) is 10.7 Å². The summed E-state index contributed by atoms with van der Waals surface area (Å²) >= 11 is 6.12. The zero-order chi connectivity index (χ0) is 16.8. The Hall–Kier alpha value is -1.64. The molecular formula is C19H24N3PS. The third-order valence-corrected chi connectivity index (χ3v) is 8.54. The van der Waals surface area contributed by atoms with E-state index in [4.69, 9.17) is 22.5 Å². The number of hydrogen-bond donors (Lipinski definition) is 2. The van der Waals surface area contributed by atoms with Gasteiger partial charge in [0.1, 0.15) is 0 Å². The minimum atomic E-state index is -2.22. The standard InChI is InChI=1S/C19H24N3PS/c20-19(21-16-10-4-1-5-11-16)22-23(24,17-12-6-2-7-13-17)18-14-8-3-9-15-18/h2-3,6-9,12-16H,1,4-5,10-11H2,(H3,20,21,22,24). The molecule has 0 aromatic heterocycles. The van der Waals surface area contributed by atoms with Crippen LogP contribution >= 0.6 is 6.19 Å². The van der Waals surface area contributed by atoms with Gasteiger partial charge in [0.05, 0.1) is 12.2 Å². The normalized spacial score (nSPS) is 16.8. The fourth-order valence-electron chi connectivity index (χ4n) is 3.15. The van der Waals surface area contributed by atoms with Gasteiger partial charge in [0.25, 0.3) is 0 Å². The largest absolute Gasteiger partial charge is 0.370 e. The molecule has 1 aliphatic rings. The van der Waals surface area contributed by atoms with Gasteiger partial charge in [-0.3, -0.25) is 0 Å². The predicted molar refractivity (Wildman–Crippen MR) is 108 cm³/mol. The lowest BCUT2D eigenvalue weighted by atomic mass is 9.96. The molecule has 3 nitrogen and oxygen atoms in total. The van der Waals surface area contributed by atoms with Crippen molar-refractivity contribution in [1.29, 1.82) is 0 Å². The van der Waals surface area contributed by atoms with E-state index in [2.05, 4.69) is 29.4 Å². The van der Waals surface area contributed by atoms with Crippen LogP contribution in [0.2, 0.25) is 0 Å². The average molecular weight is 357 g/mol. The smallest absolute Gasteiger partial charge is 0.193 e. The monoisotopic (exact) mass is 357 g/mol. The molecule has 0 radical (unpaired) electrons. The number of hydrogen-bond acceptors (Lipinski definition) is 2. The van der Waals surface area contributed by atoms with Crippen molar-refractivity contribution in [3.63, 3.8) is 0 Å². The van der Waals surface area contributed by atoms with Crippen molar-refractivity contribution in [2.45, 2.75) is 38.1 Å². The van der Waals surface area contributed by atoms with E-state index in [-0.39, 0.29) is 0 Å². The van der Waals surface area contributed by atoms with E-state index in [1.165, 1.54) is 19.3 Å². The van der Waals surface area contributed by atoms with E-state index in [9.17, 15) is 0 Å². The van der Waals surface area contributed by atoms with Crippen LogP contribution in [0.4, 0.5) is 0 Å². The molecule has 0 amide bonds. The molecule has 5 heteroatoms. The highest BCUT2D eigenvalue weighted by atomic mass is 32.4. The number of aliphatic imine (C=N–C) groups is 1. The summed E-state index contributed by atoms with van der Waals surface area (Å²) in [5.74, 6) is 0.484. The van der Waals surface area contributed by atoms with Gasteiger partial charge in [-0.2, -0.15) is 0 Å². The number of nitrogens with one attached hydrogen (secondary N) is 1. The summed E-state index contributed by atoms with van der Waals surface area (Å²) in [6, 6.07) is 20.8. The number of nitrogens with two attached hydrogens (primary N) is 1. The first-order chi connectivity index (χ1) is 11.7. The van der Waals surface area contributed by atoms with Crippen molar-refractivity contribution in [3.05, 3.63) is 60.7 Å². The molecule has 3 N–H and O–H groups in total. The van der Waals surface area contributed by atoms with Crippen LogP contribution < -0.4 is 21.4 Å². The molecule has 0 aliphatic heterocycles. The summed E-state index contributed by atoms with van der Waals surface area (Å²) in [6.07, 6.45) is 3.83. The molecule has 3 rings (SSSR count). The highest BCUT2D eigenvalue weighted by molar-refractivity contribution is 8.21. The average Bonchev–Trinajstić information content (AvgIpc) is 2.64. The lowest BCUT2D eigenvalue weighted by Gasteiger charge is -2.26. The Bertz CT molecular complexity index is 681. The number of nitrogens with zero attached hydrogens (tertiary/aromatic N) is 1. The maximum Gasteiger partial charge on any atom is 0.193 e. The third-order valence-electron chi connectivity index (χ3n) is 4.41. The van der Waals surface area contributed by atoms with Crippen molar-refractivity contribution in [3.8, 4) is 0 Å². The van der Waals surface area contributed by atoms with E-state index < -0.39 is 6.19 Å². The summed E-state index contributed by atoms with van der Waals surface area (Å²) in [5, 5.41) is 5.64. The molecule has 0 atom stereocenters. The molecule has 2 aromatic rings. The van der Waals surface area contributed by atoms with Gasteiger partial charge >= 0.3 is 0 Å². The van der Waals surface area contributed by atoms with Gasteiger partial charge in [-0.1, -0.05) is 91.7 Å². The maximum absolute atomic E-state index is 6.27. The van der Waals surface area contributed by atoms with Crippen molar-refractivity contribution in [2.75, 3.05) is 0 Å². The van der Waals surface area contributed by atoms with E-state index >= 15 is 0 Å². The van der Waals surface area contributed by atoms with Gasteiger partial charge in [-0.15, -0.1) is 0 Å². The second-order valence-electron chi connectivity index (χ2n) is 6.20. The molecule has 0 spiro atoms. The van der Waals surface area contributed by atoms with Crippen LogP contribution in [0.1, 0.15) is 32.1 Å². The summed E-state index contributed by atoms with van der Waals surface area (Å²) in [6.45, 7) is 0. The molecule has 24 heavy (non-hydrogen) atoms. The van der Waals surface area contributed by atoms with E-state index in [1.807, 2.05) is 36.4 Å². The van der Waals surface area contributed by atoms with Crippen LogP contribution in [0.5, 0.6) is 0 Å². The third kappa shape index (κ3) is 4.06. The van der Waals surface area contributed by atoms with E-state index in [0.717, 1.165) is 23.5 Å². The summed E-state index contributed by atoms with van der Waals surface area (Å²) in [4.78, 5) is 4.72. The van der Waals surface area contributed by atoms with Gasteiger partial charge in [-0.05, 0) is 12.8 Å². The van der Waals surface area contributed by atoms with Gasteiger partial charge < -0.3 is 10.8 Å². The molecule has 0 bridgehead atoms. The number of benzene rings is 2. The van der Waals surface area contributed by atoms with Crippen molar-refractivity contribution >= 4 is 34.6 Å². The number of guanidine groups is 1. The highest BCUT2D eigenvalue weighted by Gasteiger charge is 2.23. The second kappa shape index (κ2) is 7.96. The predicted octanol–water partition coefficient (Wildman–Crippen LogP) is 3.27. The van der Waals surface area contributed by atoms with Crippen molar-refractivity contribution < 1.29 is 0 Å². The SMILES string of the molecule is NC(=NC1CCCCC1)NP(=S)(c1ccccc1)c1ccccc1. The molecule has 1 fully saturated rings. The van der Waals surface area contributed by atoms with Gasteiger partial charge in [0.15, 0.2) is 5.96 Å². The Morgan fingerprint density at radius 1 is 0.917 bits per heavy atom. The van der Waals surface area contributed by atoms with Crippen molar-refractivity contribution in [1.82, 2.24) is 5.09 Å². The Balaban J connectivity index is 1.91. The zero-order valence-corrected chi connectivity index (χ0v) is 15.5. The molecular weight excluding hydrogens is 333 g/mol. The molecule has 0 unspecified atom stereocenters. The van der Waals surface area contributed by atoms with Gasteiger partial charge in [-0.25, -0.2) is 4.99 Å². The van der Waals surface area contributed by atoms with Crippen LogP contribution in [0.15, 0.2) is 65.7 Å². The van der Waals surface area contributed by atoms with Gasteiger partial charge in [0.2, 0.25) is 0 Å². The lowest BCUT2D eigenvalue weighted by molar-refractivity contribution is 0.442. The first-order valence-corrected chi connectivity index (χ1v) is 11.3. The molecule has 0 saturated heterocycles. The fraction of sp³-hybridized carbons (Fsp3) is 0.316. The minimum absolute atomic E-state index is 0.334. The first kappa shape index (κ1) is 17.2. The summed E-state index contributed by atoms with van der Waals surface area (Å²) < 4.78 is 0. The molecule has 1 saturated carbocycles. The Morgan fingerprint density at radius 2 is 1.42 bits per heavy atom. The van der Waals surface area contributed by atoms with Crippen LogP contribution in [-0.2, 0) is 11.8 Å². The molecule has 2 aromatic carbocycles. The van der Waals surface area contributed by atoms with Crippen LogP contribution in [0.3, 0.4) is 0 Å². The van der Waals surface area contributed by atoms with E-state index in [0.29, 0.717) is 12.0 Å². The molecule has 126 valence electrons. The number of rotatable bonds is 4. The fourth-order valence-corrected chi connectivity index (χ4v) is 6.28. The quantitative estimate of drug-likeness (QED) is 0.502. The zero-order valence-electron chi connectivity index (χ0n) is 13.8. The second-order valence-corrected chi connectivity index (χ2v) is 10.3. The highest BCUT2D eigenvalue weighted by Crippen LogP contribution is 2.38. The Morgan fingerprint density at radius 3 is 1.92 bits per heavy atom. The molecule has 1 aliphatic carbocycles. The van der Waals surface area contributed by atoms with Gasteiger partial charge in [0, 0.05) is 10.6 Å². The topological polar surface area (TPSA) is 50.4 Å². The van der Waals surface area contributed by atoms with Crippen LogP contribution in [-0.4, -0.2) is 12.0 Å². The summed E-state index contributed by atoms with van der Waals surface area (Å²) in [5.41, 5.74) is 6.27. The minimum Gasteiger partial charge on any atom is -0.370 e. The van der Waals surface area contributed by atoms with Crippen LogP contribution in [0.25, 0.3) is 0 Å². The van der Waals surface area contributed by atoms with Crippen LogP contribution in [0, 0.1) is 0 Å². The molecule has 0 heterocycles. The Kier molecular flexibility index (Phi) is 5.70. The lowest BCUT2D eigenvalue weighted by Crippen LogP contribution is -2.37. The van der Waals surface area contributed by atoms with E-state index in [1.54, 1.807) is 0 Å². The summed E-state index contributed by atoms with van der Waals surface area (Å²) in [7, 11) is 0. The maximum atomic E-state index is 6.27.